The molecule has 3 heterocycles. The highest BCUT2D eigenvalue weighted by molar-refractivity contribution is 5.83. The van der Waals surface area contributed by atoms with E-state index in [1.807, 2.05) is 28.0 Å². The number of carbonyl (C=O) groups excluding carboxylic acids is 1. The quantitative estimate of drug-likeness (QED) is 0.801. The predicted molar refractivity (Wildman–Crippen MR) is 110 cm³/mol. The van der Waals surface area contributed by atoms with Gasteiger partial charge in [-0.3, -0.25) is 4.79 Å². The summed E-state index contributed by atoms with van der Waals surface area (Å²) in [5, 5.41) is 3.41. The van der Waals surface area contributed by atoms with Crippen molar-refractivity contribution >= 4 is 17.5 Å². The van der Waals surface area contributed by atoms with Crippen LogP contribution in [-0.4, -0.2) is 52.5 Å². The third kappa shape index (κ3) is 4.32. The van der Waals surface area contributed by atoms with Crippen molar-refractivity contribution < 1.29 is 9.18 Å². The highest BCUT2D eigenvalue weighted by Crippen LogP contribution is 2.27. The minimum absolute atomic E-state index is 0.0492. The molecule has 2 atom stereocenters. The average Bonchev–Trinajstić information content (AvgIpc) is 2.76. The van der Waals surface area contributed by atoms with Crippen LogP contribution in [-0.2, 0) is 11.3 Å². The Balaban J connectivity index is 1.41. The number of nitrogens with zero attached hydrogens (tertiary/aromatic N) is 4. The van der Waals surface area contributed by atoms with Gasteiger partial charge in [-0.2, -0.15) is 4.39 Å². The molecule has 2 unspecified atom stereocenters. The number of rotatable bonds is 5. The van der Waals surface area contributed by atoms with Gasteiger partial charge in [0.25, 0.3) is 0 Å². The van der Waals surface area contributed by atoms with Gasteiger partial charge in [0.05, 0.1) is 6.04 Å². The van der Waals surface area contributed by atoms with Crippen LogP contribution < -0.4 is 16.0 Å². The first-order valence-corrected chi connectivity index (χ1v) is 10.2. The van der Waals surface area contributed by atoms with E-state index in [1.165, 1.54) is 6.33 Å². The van der Waals surface area contributed by atoms with Gasteiger partial charge in [0.1, 0.15) is 6.33 Å². The molecule has 154 valence electrons. The zero-order valence-electron chi connectivity index (χ0n) is 16.4. The minimum atomic E-state index is -0.583. The molecular weight excluding hydrogens is 371 g/mol. The monoisotopic (exact) mass is 398 g/mol. The lowest BCUT2D eigenvalue weighted by molar-refractivity contribution is -0.138. The molecule has 0 spiro atoms. The second-order valence-electron chi connectivity index (χ2n) is 7.73. The van der Waals surface area contributed by atoms with Gasteiger partial charge in [0.2, 0.25) is 11.7 Å². The van der Waals surface area contributed by atoms with E-state index in [1.54, 1.807) is 0 Å². The third-order valence-corrected chi connectivity index (χ3v) is 5.80. The van der Waals surface area contributed by atoms with Gasteiger partial charge < -0.3 is 20.9 Å². The Kier molecular flexibility index (Phi) is 5.89. The Morgan fingerprint density at radius 3 is 2.76 bits per heavy atom. The normalized spacial score (nSPS) is 22.7. The molecule has 0 aliphatic carbocycles. The van der Waals surface area contributed by atoms with Crippen LogP contribution in [0.4, 0.5) is 16.0 Å². The number of halogens is 1. The molecular formula is C21H27FN6O. The molecule has 3 N–H and O–H groups in total. The van der Waals surface area contributed by atoms with Gasteiger partial charge in [-0.1, -0.05) is 30.3 Å². The van der Waals surface area contributed by atoms with E-state index >= 15 is 0 Å². The lowest BCUT2D eigenvalue weighted by Gasteiger charge is -2.43. The van der Waals surface area contributed by atoms with Crippen LogP contribution in [0.1, 0.15) is 31.2 Å². The lowest BCUT2D eigenvalue weighted by atomic mass is 9.97. The number of hydrogen-bond donors (Lipinski definition) is 2. The van der Waals surface area contributed by atoms with Gasteiger partial charge in [-0.25, -0.2) is 9.97 Å². The number of amides is 1. The molecule has 2 fully saturated rings. The van der Waals surface area contributed by atoms with Gasteiger partial charge in [-0.05, 0) is 31.2 Å². The lowest BCUT2D eigenvalue weighted by Crippen LogP contribution is -2.58. The summed E-state index contributed by atoms with van der Waals surface area (Å²) in [5.74, 6) is -0.357. The largest absolute Gasteiger partial charge is 0.381 e. The summed E-state index contributed by atoms with van der Waals surface area (Å²) in [6.07, 6.45) is 4.88. The van der Waals surface area contributed by atoms with Crippen LogP contribution in [0.15, 0.2) is 36.7 Å². The molecule has 0 radical (unpaired) electrons. The van der Waals surface area contributed by atoms with Crippen molar-refractivity contribution in [3.8, 4) is 0 Å². The zero-order valence-corrected chi connectivity index (χ0v) is 16.4. The van der Waals surface area contributed by atoms with Gasteiger partial charge in [0, 0.05) is 32.2 Å². The number of nitrogen functional groups attached to an aromatic ring is 1. The van der Waals surface area contributed by atoms with Crippen molar-refractivity contribution in [1.82, 2.24) is 20.2 Å². The number of benzene rings is 1. The Morgan fingerprint density at radius 1 is 1.14 bits per heavy atom. The zero-order chi connectivity index (χ0) is 20.2. The number of hydrogen-bond acceptors (Lipinski definition) is 6. The first-order valence-electron chi connectivity index (χ1n) is 10.2. The summed E-state index contributed by atoms with van der Waals surface area (Å²) in [6, 6.07) is 9.97. The first-order chi connectivity index (χ1) is 14.1. The van der Waals surface area contributed by atoms with Crippen molar-refractivity contribution in [1.29, 1.82) is 0 Å². The number of likely N-dealkylation sites (tertiary alicyclic amines) is 1. The number of nitrogens with two attached hydrogens (primary N) is 1. The number of carbonyl (C=O) groups is 1. The maximum absolute atomic E-state index is 14.4. The minimum Gasteiger partial charge on any atom is -0.381 e. The van der Waals surface area contributed by atoms with Gasteiger partial charge in [-0.15, -0.1) is 0 Å². The Bertz CT molecular complexity index is 848. The molecule has 4 rings (SSSR count). The molecule has 2 aliphatic rings. The first kappa shape index (κ1) is 19.6. The molecule has 1 aromatic heterocycles. The number of aromatic nitrogens is 2. The van der Waals surface area contributed by atoms with E-state index in [4.69, 9.17) is 5.73 Å². The molecule has 1 aromatic carbocycles. The van der Waals surface area contributed by atoms with Crippen LogP contribution in [0.5, 0.6) is 0 Å². The van der Waals surface area contributed by atoms with E-state index < -0.39 is 5.82 Å². The summed E-state index contributed by atoms with van der Waals surface area (Å²) in [4.78, 5) is 24.8. The van der Waals surface area contributed by atoms with E-state index in [0.29, 0.717) is 19.6 Å². The van der Waals surface area contributed by atoms with Gasteiger partial charge >= 0.3 is 0 Å². The Morgan fingerprint density at radius 2 is 1.93 bits per heavy atom. The highest BCUT2D eigenvalue weighted by atomic mass is 19.1. The summed E-state index contributed by atoms with van der Waals surface area (Å²) in [6.45, 7) is 2.68. The molecule has 1 amide bonds. The Labute approximate surface area is 170 Å². The molecule has 2 saturated heterocycles. The van der Waals surface area contributed by atoms with Crippen LogP contribution in [0.2, 0.25) is 0 Å². The van der Waals surface area contributed by atoms with Crippen molar-refractivity contribution in [2.75, 3.05) is 30.3 Å². The number of piperidine rings is 2. The van der Waals surface area contributed by atoms with E-state index in [0.717, 1.165) is 37.8 Å². The number of nitrogens with one attached hydrogen (secondary N) is 1. The summed E-state index contributed by atoms with van der Waals surface area (Å²) in [5.41, 5.74) is 6.77. The summed E-state index contributed by atoms with van der Waals surface area (Å²) >= 11 is 0. The predicted octanol–water partition coefficient (Wildman–Crippen LogP) is 1.95. The SMILES string of the molecule is Nc1ncnc(N2CCCC(N3CCCC(NCc4ccccc4)C3=O)C2)c1F. The van der Waals surface area contributed by atoms with Crippen molar-refractivity contribution in [2.24, 2.45) is 0 Å². The van der Waals surface area contributed by atoms with E-state index in [-0.39, 0.29) is 29.6 Å². The third-order valence-electron chi connectivity index (χ3n) is 5.80. The molecule has 0 saturated carbocycles. The van der Waals surface area contributed by atoms with Crippen molar-refractivity contribution in [2.45, 2.75) is 44.3 Å². The summed E-state index contributed by atoms with van der Waals surface area (Å²) in [7, 11) is 0. The standard InChI is InChI=1S/C21H27FN6O/c22-18-19(23)25-14-26-20(18)27-10-4-8-16(13-27)28-11-5-9-17(21(28)29)24-12-15-6-2-1-3-7-15/h1-3,6-7,14,16-17,24H,4-5,8-13H2,(H2,23,25,26). The second kappa shape index (κ2) is 8.73. The maximum Gasteiger partial charge on any atom is 0.240 e. The summed E-state index contributed by atoms with van der Waals surface area (Å²) < 4.78 is 14.4. The molecule has 29 heavy (non-hydrogen) atoms. The average molecular weight is 398 g/mol. The topological polar surface area (TPSA) is 87.4 Å². The molecule has 8 heteroatoms. The van der Waals surface area contributed by atoms with Crippen molar-refractivity contribution in [3.63, 3.8) is 0 Å². The fourth-order valence-electron chi connectivity index (χ4n) is 4.28. The fraction of sp³-hybridized carbons (Fsp3) is 0.476. The van der Waals surface area contributed by atoms with Crippen LogP contribution >= 0.6 is 0 Å². The molecule has 2 aromatic rings. The molecule has 2 aliphatic heterocycles. The fourth-order valence-corrected chi connectivity index (χ4v) is 4.28. The van der Waals surface area contributed by atoms with Crippen LogP contribution in [0.3, 0.4) is 0 Å². The second-order valence-corrected chi connectivity index (χ2v) is 7.73. The van der Waals surface area contributed by atoms with Gasteiger partial charge in [0.15, 0.2) is 11.6 Å². The smallest absolute Gasteiger partial charge is 0.240 e. The van der Waals surface area contributed by atoms with Crippen molar-refractivity contribution in [3.05, 3.63) is 48.0 Å². The highest BCUT2D eigenvalue weighted by Gasteiger charge is 2.35. The van der Waals surface area contributed by atoms with Crippen LogP contribution in [0, 0.1) is 5.82 Å². The molecule has 0 bridgehead atoms. The number of anilines is 2. The maximum atomic E-state index is 14.4. The van der Waals surface area contributed by atoms with Crippen LogP contribution in [0.25, 0.3) is 0 Å². The molecule has 7 nitrogen and oxygen atoms in total. The van der Waals surface area contributed by atoms with E-state index in [9.17, 15) is 9.18 Å². The Hall–Kier alpha value is -2.74. The van der Waals surface area contributed by atoms with E-state index in [2.05, 4.69) is 27.4 Å².